The highest BCUT2D eigenvalue weighted by Crippen LogP contribution is 2.18. The van der Waals surface area contributed by atoms with E-state index < -0.39 is 0 Å². The van der Waals surface area contributed by atoms with Crippen LogP contribution < -0.4 is 10.1 Å². The first-order valence-corrected chi connectivity index (χ1v) is 7.02. The maximum absolute atomic E-state index is 12.5. The minimum Gasteiger partial charge on any atom is -0.480 e. The highest BCUT2D eigenvalue weighted by atomic mass is 16.5. The van der Waals surface area contributed by atoms with Crippen molar-refractivity contribution < 1.29 is 14.3 Å². The van der Waals surface area contributed by atoms with Crippen LogP contribution in [0.3, 0.4) is 0 Å². The minimum absolute atomic E-state index is 0.00648. The van der Waals surface area contributed by atoms with Crippen molar-refractivity contribution in [3.05, 3.63) is 24.0 Å². The van der Waals surface area contributed by atoms with Crippen molar-refractivity contribution in [3.63, 3.8) is 0 Å². The summed E-state index contributed by atoms with van der Waals surface area (Å²) >= 11 is 0. The van der Waals surface area contributed by atoms with Gasteiger partial charge in [0.15, 0.2) is 11.3 Å². The van der Waals surface area contributed by atoms with E-state index in [-0.39, 0.29) is 30.1 Å². The number of fused-ring (bicyclic) bond motifs is 1. The number of hydrogen-bond donors (Lipinski definition) is 1. The van der Waals surface area contributed by atoms with Gasteiger partial charge in [0.25, 0.3) is 5.91 Å². The lowest BCUT2D eigenvalue weighted by molar-refractivity contribution is -0.121. The van der Waals surface area contributed by atoms with E-state index in [1.165, 1.54) is 22.7 Å². The van der Waals surface area contributed by atoms with E-state index >= 15 is 0 Å². The lowest BCUT2D eigenvalue weighted by atomic mass is 10.4. The smallest absolute Gasteiger partial charge is 0.274 e. The summed E-state index contributed by atoms with van der Waals surface area (Å²) in [5.74, 6) is -0.0920. The number of aromatic nitrogens is 3. The molecule has 0 aliphatic heterocycles. The molecule has 2 aromatic heterocycles. The fourth-order valence-electron chi connectivity index (χ4n) is 2.09. The Morgan fingerprint density at radius 1 is 1.45 bits per heavy atom. The van der Waals surface area contributed by atoms with E-state index in [0.717, 1.165) is 12.8 Å². The van der Waals surface area contributed by atoms with Gasteiger partial charge in [-0.05, 0) is 18.9 Å². The van der Waals surface area contributed by atoms with Crippen molar-refractivity contribution in [2.45, 2.75) is 18.9 Å². The Morgan fingerprint density at radius 3 is 2.91 bits per heavy atom. The molecule has 1 saturated carbocycles. The van der Waals surface area contributed by atoms with Crippen molar-refractivity contribution in [1.29, 1.82) is 0 Å². The van der Waals surface area contributed by atoms with Gasteiger partial charge in [-0.25, -0.2) is 9.50 Å². The Labute approximate surface area is 127 Å². The van der Waals surface area contributed by atoms with Gasteiger partial charge in [0.1, 0.15) is 0 Å². The molecule has 0 spiro atoms. The summed E-state index contributed by atoms with van der Waals surface area (Å²) in [5, 5.41) is 7.03. The zero-order valence-corrected chi connectivity index (χ0v) is 12.4. The second-order valence-electron chi connectivity index (χ2n) is 5.29. The van der Waals surface area contributed by atoms with Crippen LogP contribution in [-0.2, 0) is 4.79 Å². The van der Waals surface area contributed by atoms with E-state index in [1.54, 1.807) is 19.2 Å². The largest absolute Gasteiger partial charge is 0.480 e. The lowest BCUT2D eigenvalue weighted by Crippen LogP contribution is -2.39. The quantitative estimate of drug-likeness (QED) is 0.845. The molecule has 2 heterocycles. The first-order chi connectivity index (χ1) is 10.6. The molecule has 22 heavy (non-hydrogen) atoms. The summed E-state index contributed by atoms with van der Waals surface area (Å²) < 4.78 is 6.47. The molecule has 3 rings (SSSR count). The summed E-state index contributed by atoms with van der Waals surface area (Å²) in [7, 11) is 3.08. The Morgan fingerprint density at radius 2 is 2.23 bits per heavy atom. The summed E-state index contributed by atoms with van der Waals surface area (Å²) in [6.07, 6.45) is 3.47. The molecule has 0 unspecified atom stereocenters. The third-order valence-corrected chi connectivity index (χ3v) is 3.44. The second-order valence-corrected chi connectivity index (χ2v) is 5.29. The average molecular weight is 303 g/mol. The van der Waals surface area contributed by atoms with Gasteiger partial charge < -0.3 is 15.0 Å². The number of hydrogen-bond acceptors (Lipinski definition) is 5. The highest BCUT2D eigenvalue weighted by molar-refractivity contribution is 5.95. The van der Waals surface area contributed by atoms with Crippen LogP contribution in [0.5, 0.6) is 5.88 Å². The Balaban J connectivity index is 1.76. The van der Waals surface area contributed by atoms with E-state index in [2.05, 4.69) is 15.4 Å². The molecular formula is C14H17N5O3. The van der Waals surface area contributed by atoms with Crippen LogP contribution in [0.15, 0.2) is 18.3 Å². The fourth-order valence-corrected chi connectivity index (χ4v) is 2.09. The van der Waals surface area contributed by atoms with Crippen molar-refractivity contribution in [3.8, 4) is 5.88 Å². The number of amides is 2. The van der Waals surface area contributed by atoms with Crippen molar-refractivity contribution in [2.24, 2.45) is 0 Å². The molecule has 1 fully saturated rings. The second kappa shape index (κ2) is 5.63. The van der Waals surface area contributed by atoms with Gasteiger partial charge in [0, 0.05) is 19.2 Å². The molecule has 0 atom stereocenters. The molecule has 116 valence electrons. The molecule has 1 aliphatic carbocycles. The van der Waals surface area contributed by atoms with Crippen molar-refractivity contribution >= 4 is 17.5 Å². The van der Waals surface area contributed by atoms with Crippen LogP contribution >= 0.6 is 0 Å². The first kappa shape index (κ1) is 14.3. The molecule has 0 radical (unpaired) electrons. The Hall–Kier alpha value is -2.64. The predicted octanol–water partition coefficient (Wildman–Crippen LogP) is 0.0885. The van der Waals surface area contributed by atoms with Crippen LogP contribution in [0.25, 0.3) is 5.65 Å². The number of methoxy groups -OCH3 is 1. The van der Waals surface area contributed by atoms with Crippen LogP contribution in [-0.4, -0.2) is 58.1 Å². The maximum atomic E-state index is 12.5. The third-order valence-electron chi connectivity index (χ3n) is 3.44. The molecular weight excluding hydrogens is 286 g/mol. The number of imidazole rings is 1. The van der Waals surface area contributed by atoms with Crippen LogP contribution in [0, 0.1) is 0 Å². The fraction of sp³-hybridized carbons (Fsp3) is 0.429. The van der Waals surface area contributed by atoms with E-state index in [0.29, 0.717) is 11.5 Å². The zero-order chi connectivity index (χ0) is 15.7. The maximum Gasteiger partial charge on any atom is 0.274 e. The Kier molecular flexibility index (Phi) is 3.66. The number of nitrogens with zero attached hydrogens (tertiary/aromatic N) is 4. The normalized spacial score (nSPS) is 13.9. The molecule has 8 nitrogen and oxygen atoms in total. The molecule has 1 N–H and O–H groups in total. The molecule has 8 heteroatoms. The van der Waals surface area contributed by atoms with Crippen LogP contribution in [0.1, 0.15) is 23.3 Å². The van der Waals surface area contributed by atoms with Crippen molar-refractivity contribution in [1.82, 2.24) is 24.8 Å². The average Bonchev–Trinajstić information content (AvgIpc) is 3.22. The summed E-state index contributed by atoms with van der Waals surface area (Å²) in [6, 6.07) is 3.66. The van der Waals surface area contributed by atoms with Crippen molar-refractivity contribution in [2.75, 3.05) is 20.7 Å². The summed E-state index contributed by atoms with van der Waals surface area (Å²) in [5.41, 5.74) is 0.829. The molecule has 1 aliphatic rings. The van der Waals surface area contributed by atoms with E-state index in [9.17, 15) is 9.59 Å². The van der Waals surface area contributed by atoms with Gasteiger partial charge in [-0.1, -0.05) is 0 Å². The lowest BCUT2D eigenvalue weighted by Gasteiger charge is -2.16. The standard InChI is InChI=1S/C14H17N5O3/c1-18(8-12(20)16-9-3-4-9)14(21)10-7-15-11-5-6-13(22-2)17-19(10)11/h5-7,9H,3-4,8H2,1-2H3,(H,16,20). The highest BCUT2D eigenvalue weighted by Gasteiger charge is 2.25. The molecule has 0 aromatic carbocycles. The SMILES string of the molecule is COc1ccc2ncc(C(=O)N(C)CC(=O)NC3CC3)n2n1. The predicted molar refractivity (Wildman–Crippen MR) is 77.7 cm³/mol. The minimum atomic E-state index is -0.320. The van der Waals surface area contributed by atoms with Crippen LogP contribution in [0.2, 0.25) is 0 Å². The van der Waals surface area contributed by atoms with Gasteiger partial charge in [-0.15, -0.1) is 5.10 Å². The summed E-state index contributed by atoms with van der Waals surface area (Å²) in [6.45, 7) is 0.00648. The van der Waals surface area contributed by atoms with Gasteiger partial charge >= 0.3 is 0 Å². The van der Waals surface area contributed by atoms with Gasteiger partial charge in [-0.3, -0.25) is 9.59 Å². The zero-order valence-electron chi connectivity index (χ0n) is 12.4. The number of likely N-dealkylation sites (N-methyl/N-ethyl adjacent to an activating group) is 1. The number of rotatable bonds is 5. The van der Waals surface area contributed by atoms with Crippen LogP contribution in [0.4, 0.5) is 0 Å². The molecule has 2 amide bonds. The number of carbonyl (C=O) groups excluding carboxylic acids is 2. The number of carbonyl (C=O) groups is 2. The third kappa shape index (κ3) is 2.85. The van der Waals surface area contributed by atoms with Gasteiger partial charge in [0.2, 0.25) is 11.8 Å². The first-order valence-electron chi connectivity index (χ1n) is 7.02. The summed E-state index contributed by atoms with van der Waals surface area (Å²) in [4.78, 5) is 29.7. The van der Waals surface area contributed by atoms with E-state index in [4.69, 9.17) is 4.74 Å². The van der Waals surface area contributed by atoms with E-state index in [1.807, 2.05) is 0 Å². The topological polar surface area (TPSA) is 88.8 Å². The molecule has 0 saturated heterocycles. The number of ether oxygens (including phenoxy) is 1. The monoisotopic (exact) mass is 303 g/mol. The van der Waals surface area contributed by atoms with Gasteiger partial charge in [-0.2, -0.15) is 0 Å². The number of nitrogens with one attached hydrogen (secondary N) is 1. The Bertz CT molecular complexity index is 722. The van der Waals surface area contributed by atoms with Gasteiger partial charge in [0.05, 0.1) is 19.9 Å². The molecule has 2 aromatic rings. The molecule has 0 bridgehead atoms.